The van der Waals surface area contributed by atoms with Crippen molar-refractivity contribution < 1.29 is 0 Å². The Morgan fingerprint density at radius 2 is 2.33 bits per heavy atom. The molecule has 0 bridgehead atoms. The largest absolute Gasteiger partial charge is 0.313 e. The van der Waals surface area contributed by atoms with Crippen LogP contribution in [-0.2, 0) is 6.54 Å². The molecule has 18 heavy (non-hydrogen) atoms. The average Bonchev–Trinajstić information content (AvgIpc) is 2.84. The lowest BCUT2D eigenvalue weighted by Crippen LogP contribution is -2.41. The van der Waals surface area contributed by atoms with E-state index in [1.54, 1.807) is 0 Å². The van der Waals surface area contributed by atoms with Gasteiger partial charge in [0, 0.05) is 18.8 Å². The van der Waals surface area contributed by atoms with E-state index < -0.39 is 0 Å². The minimum absolute atomic E-state index is 0.609. The Hall–Kier alpha value is -1.46. The number of hydrogen-bond acceptors (Lipinski definition) is 4. The number of nitrogens with zero attached hydrogens (tertiary/aromatic N) is 3. The Kier molecular flexibility index (Phi) is 3.52. The van der Waals surface area contributed by atoms with Gasteiger partial charge in [-0.2, -0.15) is 0 Å². The standard InChI is InChI=1S/C13H19N5/c1-3-7-15-11(5-1)9-14-10-13-17-16-12-6-2-4-8-18(12)13/h2,4,6,8,11,14-15H,1,3,5,7,9-10H2. The monoisotopic (exact) mass is 245 g/mol. The molecule has 0 saturated carbocycles. The first-order valence-electron chi connectivity index (χ1n) is 6.66. The van der Waals surface area contributed by atoms with Crippen molar-refractivity contribution in [2.24, 2.45) is 0 Å². The Morgan fingerprint density at radius 1 is 1.33 bits per heavy atom. The van der Waals surface area contributed by atoms with Crippen LogP contribution in [0, 0.1) is 0 Å². The molecule has 1 aliphatic heterocycles. The van der Waals surface area contributed by atoms with Crippen molar-refractivity contribution in [3.05, 3.63) is 30.2 Å². The Morgan fingerprint density at radius 3 is 3.22 bits per heavy atom. The van der Waals surface area contributed by atoms with Gasteiger partial charge in [-0.25, -0.2) is 0 Å². The fraction of sp³-hybridized carbons (Fsp3) is 0.538. The maximum absolute atomic E-state index is 4.21. The summed E-state index contributed by atoms with van der Waals surface area (Å²) in [5, 5.41) is 15.3. The highest BCUT2D eigenvalue weighted by Crippen LogP contribution is 2.06. The molecule has 0 amide bonds. The van der Waals surface area contributed by atoms with E-state index in [2.05, 4.69) is 20.8 Å². The maximum Gasteiger partial charge on any atom is 0.160 e. The molecular weight excluding hydrogens is 226 g/mol. The number of rotatable bonds is 4. The average molecular weight is 245 g/mol. The summed E-state index contributed by atoms with van der Waals surface area (Å²) in [5.41, 5.74) is 0.907. The molecule has 1 unspecified atom stereocenters. The lowest BCUT2D eigenvalue weighted by atomic mass is 10.1. The van der Waals surface area contributed by atoms with Crippen LogP contribution in [0.15, 0.2) is 24.4 Å². The molecule has 0 spiro atoms. The fourth-order valence-electron chi connectivity index (χ4n) is 2.47. The lowest BCUT2D eigenvalue weighted by molar-refractivity contribution is 0.381. The number of aromatic nitrogens is 3. The first kappa shape index (κ1) is 11.6. The summed E-state index contributed by atoms with van der Waals surface area (Å²) in [7, 11) is 0. The van der Waals surface area contributed by atoms with Crippen LogP contribution in [0.3, 0.4) is 0 Å². The Bertz CT molecular complexity index is 501. The number of piperidine rings is 1. The van der Waals surface area contributed by atoms with E-state index in [0.29, 0.717) is 6.04 Å². The van der Waals surface area contributed by atoms with Gasteiger partial charge in [-0.3, -0.25) is 4.40 Å². The Balaban J connectivity index is 1.56. The first-order valence-corrected chi connectivity index (χ1v) is 6.66. The first-order chi connectivity index (χ1) is 8.93. The van der Waals surface area contributed by atoms with Gasteiger partial charge in [0.25, 0.3) is 0 Å². The highest BCUT2D eigenvalue weighted by molar-refractivity contribution is 5.36. The zero-order chi connectivity index (χ0) is 12.2. The second-order valence-corrected chi connectivity index (χ2v) is 4.82. The van der Waals surface area contributed by atoms with Crippen LogP contribution in [0.2, 0.25) is 0 Å². The minimum atomic E-state index is 0.609. The third-order valence-electron chi connectivity index (χ3n) is 3.47. The number of fused-ring (bicyclic) bond motifs is 1. The minimum Gasteiger partial charge on any atom is -0.313 e. The van der Waals surface area contributed by atoms with Crippen molar-refractivity contribution in [2.75, 3.05) is 13.1 Å². The van der Waals surface area contributed by atoms with E-state index in [4.69, 9.17) is 0 Å². The van der Waals surface area contributed by atoms with Gasteiger partial charge in [0.15, 0.2) is 11.5 Å². The second-order valence-electron chi connectivity index (χ2n) is 4.82. The van der Waals surface area contributed by atoms with Crippen LogP contribution in [0.4, 0.5) is 0 Å². The summed E-state index contributed by atoms with van der Waals surface area (Å²) >= 11 is 0. The van der Waals surface area contributed by atoms with E-state index in [-0.39, 0.29) is 0 Å². The molecule has 0 radical (unpaired) electrons. The number of pyridine rings is 1. The smallest absolute Gasteiger partial charge is 0.160 e. The SMILES string of the molecule is c1ccn2c(CNCC3CCCCN3)nnc2c1. The molecular formula is C13H19N5. The normalized spacial score (nSPS) is 20.3. The molecule has 1 aliphatic rings. The zero-order valence-electron chi connectivity index (χ0n) is 10.5. The summed E-state index contributed by atoms with van der Waals surface area (Å²) in [6.07, 6.45) is 5.93. The molecule has 0 aliphatic carbocycles. The van der Waals surface area contributed by atoms with Crippen molar-refractivity contribution >= 4 is 5.65 Å². The predicted octanol–water partition coefficient (Wildman–Crippen LogP) is 0.961. The van der Waals surface area contributed by atoms with Gasteiger partial charge in [-0.1, -0.05) is 12.5 Å². The summed E-state index contributed by atoms with van der Waals surface area (Å²) in [4.78, 5) is 0. The van der Waals surface area contributed by atoms with Crippen molar-refractivity contribution in [3.63, 3.8) is 0 Å². The molecule has 1 fully saturated rings. The van der Waals surface area contributed by atoms with Gasteiger partial charge in [0.1, 0.15) is 0 Å². The molecule has 1 atom stereocenters. The van der Waals surface area contributed by atoms with Crippen molar-refractivity contribution in [3.8, 4) is 0 Å². The van der Waals surface area contributed by atoms with Crippen molar-refractivity contribution in [2.45, 2.75) is 31.8 Å². The quantitative estimate of drug-likeness (QED) is 0.842. The highest BCUT2D eigenvalue weighted by atomic mass is 15.3. The maximum atomic E-state index is 4.21. The highest BCUT2D eigenvalue weighted by Gasteiger charge is 2.12. The predicted molar refractivity (Wildman–Crippen MR) is 70.3 cm³/mol. The van der Waals surface area contributed by atoms with Crippen molar-refractivity contribution in [1.29, 1.82) is 0 Å². The molecule has 5 nitrogen and oxygen atoms in total. The summed E-state index contributed by atoms with van der Waals surface area (Å²) in [6.45, 7) is 2.92. The van der Waals surface area contributed by atoms with Gasteiger partial charge in [0.2, 0.25) is 0 Å². The van der Waals surface area contributed by atoms with Crippen LogP contribution in [-0.4, -0.2) is 33.7 Å². The summed E-state index contributed by atoms with van der Waals surface area (Å²) in [6, 6.07) is 6.56. The Labute approximate surface area is 107 Å². The lowest BCUT2D eigenvalue weighted by Gasteiger charge is -2.23. The van der Waals surface area contributed by atoms with E-state index in [9.17, 15) is 0 Å². The van der Waals surface area contributed by atoms with E-state index in [1.165, 1.54) is 19.3 Å². The topological polar surface area (TPSA) is 54.2 Å². The van der Waals surface area contributed by atoms with Gasteiger partial charge in [-0.15, -0.1) is 10.2 Å². The van der Waals surface area contributed by atoms with Gasteiger partial charge in [0.05, 0.1) is 6.54 Å². The van der Waals surface area contributed by atoms with Crippen LogP contribution in [0.25, 0.3) is 5.65 Å². The van der Waals surface area contributed by atoms with Crippen LogP contribution in [0.5, 0.6) is 0 Å². The zero-order valence-corrected chi connectivity index (χ0v) is 10.5. The van der Waals surface area contributed by atoms with E-state index >= 15 is 0 Å². The van der Waals surface area contributed by atoms with Crippen LogP contribution in [0.1, 0.15) is 25.1 Å². The van der Waals surface area contributed by atoms with Crippen LogP contribution >= 0.6 is 0 Å². The number of hydrogen-bond donors (Lipinski definition) is 2. The third-order valence-corrected chi connectivity index (χ3v) is 3.47. The fourth-order valence-corrected chi connectivity index (χ4v) is 2.47. The van der Waals surface area contributed by atoms with E-state index in [0.717, 1.165) is 31.1 Å². The van der Waals surface area contributed by atoms with Gasteiger partial charge in [-0.05, 0) is 31.5 Å². The molecule has 96 valence electrons. The summed E-state index contributed by atoms with van der Waals surface area (Å²) < 4.78 is 2.03. The van der Waals surface area contributed by atoms with Gasteiger partial charge >= 0.3 is 0 Å². The molecule has 2 aromatic heterocycles. The number of nitrogens with one attached hydrogen (secondary N) is 2. The molecule has 2 aromatic rings. The molecule has 0 aromatic carbocycles. The molecule has 3 heterocycles. The third kappa shape index (κ3) is 2.52. The van der Waals surface area contributed by atoms with Crippen molar-refractivity contribution in [1.82, 2.24) is 25.2 Å². The van der Waals surface area contributed by atoms with E-state index in [1.807, 2.05) is 28.8 Å². The van der Waals surface area contributed by atoms with Gasteiger partial charge < -0.3 is 10.6 Å². The van der Waals surface area contributed by atoms with Crippen LogP contribution < -0.4 is 10.6 Å². The molecule has 2 N–H and O–H groups in total. The summed E-state index contributed by atoms with van der Waals surface area (Å²) in [5.74, 6) is 0.974. The molecule has 3 rings (SSSR count). The molecule has 5 heteroatoms. The second kappa shape index (κ2) is 5.46. The molecule has 1 saturated heterocycles.